The lowest BCUT2D eigenvalue weighted by Crippen LogP contribution is -2.50. The van der Waals surface area contributed by atoms with E-state index >= 15 is 0 Å². The summed E-state index contributed by atoms with van der Waals surface area (Å²) in [6, 6.07) is 1.50. The van der Waals surface area contributed by atoms with Gasteiger partial charge in [-0.3, -0.25) is 15.1 Å². The van der Waals surface area contributed by atoms with Crippen molar-refractivity contribution in [3.8, 4) is 0 Å². The molecule has 0 unspecified atom stereocenters. The van der Waals surface area contributed by atoms with Crippen LogP contribution in [0.5, 0.6) is 0 Å². The van der Waals surface area contributed by atoms with Crippen LogP contribution in [-0.4, -0.2) is 52.7 Å². The van der Waals surface area contributed by atoms with Crippen molar-refractivity contribution in [2.75, 3.05) is 31.1 Å². The van der Waals surface area contributed by atoms with Crippen molar-refractivity contribution < 1.29 is 14.5 Å². The molecule has 0 radical (unpaired) electrons. The Morgan fingerprint density at radius 1 is 1.27 bits per heavy atom. The average molecular weight is 308 g/mol. The maximum absolute atomic E-state index is 12.0. The first-order valence-electron chi connectivity index (χ1n) is 7.08. The van der Waals surface area contributed by atoms with Gasteiger partial charge in [0.1, 0.15) is 11.8 Å². The highest BCUT2D eigenvalue weighted by molar-refractivity contribution is 5.68. The van der Waals surface area contributed by atoms with Gasteiger partial charge in [0, 0.05) is 32.2 Å². The number of amides is 1. The minimum Gasteiger partial charge on any atom is -0.444 e. The van der Waals surface area contributed by atoms with E-state index in [1.54, 1.807) is 11.1 Å². The van der Waals surface area contributed by atoms with Crippen LogP contribution in [0.25, 0.3) is 0 Å². The number of carbonyl (C=O) groups excluding carboxylic acids is 1. The highest BCUT2D eigenvalue weighted by Crippen LogP contribution is 2.21. The minimum absolute atomic E-state index is 0.0351. The van der Waals surface area contributed by atoms with E-state index in [1.165, 1.54) is 12.3 Å². The summed E-state index contributed by atoms with van der Waals surface area (Å²) < 4.78 is 5.34. The Morgan fingerprint density at radius 2 is 1.91 bits per heavy atom. The van der Waals surface area contributed by atoms with Crippen LogP contribution in [0.4, 0.5) is 16.2 Å². The van der Waals surface area contributed by atoms with Crippen LogP contribution >= 0.6 is 0 Å². The second-order valence-corrected chi connectivity index (χ2v) is 6.11. The first-order valence-corrected chi connectivity index (χ1v) is 7.08. The number of nitro groups is 1. The Balaban J connectivity index is 1.96. The second kappa shape index (κ2) is 6.17. The Morgan fingerprint density at radius 3 is 2.45 bits per heavy atom. The van der Waals surface area contributed by atoms with E-state index in [2.05, 4.69) is 4.98 Å². The van der Waals surface area contributed by atoms with Crippen LogP contribution in [0, 0.1) is 10.1 Å². The quantitative estimate of drug-likeness (QED) is 0.613. The van der Waals surface area contributed by atoms with Crippen molar-refractivity contribution in [2.45, 2.75) is 26.4 Å². The van der Waals surface area contributed by atoms with Gasteiger partial charge in [0.05, 0.1) is 16.8 Å². The van der Waals surface area contributed by atoms with Gasteiger partial charge in [0.25, 0.3) is 5.69 Å². The molecule has 1 aromatic heterocycles. The van der Waals surface area contributed by atoms with Gasteiger partial charge in [0.2, 0.25) is 0 Å². The molecule has 8 heteroatoms. The predicted molar refractivity (Wildman–Crippen MR) is 80.9 cm³/mol. The third kappa shape index (κ3) is 4.06. The van der Waals surface area contributed by atoms with Gasteiger partial charge in [-0.15, -0.1) is 0 Å². The van der Waals surface area contributed by atoms with Crippen LogP contribution in [0.15, 0.2) is 18.5 Å². The molecular weight excluding hydrogens is 288 g/mol. The molecule has 0 spiro atoms. The number of nitrogens with zero attached hydrogens (tertiary/aromatic N) is 4. The summed E-state index contributed by atoms with van der Waals surface area (Å²) in [7, 11) is 0. The van der Waals surface area contributed by atoms with Gasteiger partial charge in [0.15, 0.2) is 0 Å². The van der Waals surface area contributed by atoms with E-state index in [9.17, 15) is 14.9 Å². The zero-order chi connectivity index (χ0) is 16.3. The zero-order valence-corrected chi connectivity index (χ0v) is 13.0. The first kappa shape index (κ1) is 16.0. The highest BCUT2D eigenvalue weighted by atomic mass is 16.6. The minimum atomic E-state index is -0.516. The summed E-state index contributed by atoms with van der Waals surface area (Å²) in [6.45, 7) is 7.68. The molecule has 2 heterocycles. The molecule has 1 aliphatic rings. The molecule has 1 saturated heterocycles. The number of anilines is 1. The topological polar surface area (TPSA) is 88.8 Å². The molecule has 8 nitrogen and oxygen atoms in total. The number of piperazine rings is 1. The molecule has 0 aromatic carbocycles. The fourth-order valence-electron chi connectivity index (χ4n) is 2.16. The molecule has 2 rings (SSSR count). The summed E-state index contributed by atoms with van der Waals surface area (Å²) in [5.74, 6) is 0. The van der Waals surface area contributed by atoms with E-state index in [4.69, 9.17) is 4.74 Å². The van der Waals surface area contributed by atoms with Crippen molar-refractivity contribution in [1.82, 2.24) is 9.88 Å². The zero-order valence-electron chi connectivity index (χ0n) is 13.0. The molecule has 0 atom stereocenters. The Kier molecular flexibility index (Phi) is 4.48. The van der Waals surface area contributed by atoms with Gasteiger partial charge in [-0.25, -0.2) is 4.79 Å². The molecule has 1 aromatic rings. The number of aromatic nitrogens is 1. The molecule has 0 N–H and O–H groups in total. The maximum atomic E-state index is 12.0. The molecule has 0 saturated carbocycles. The van der Waals surface area contributed by atoms with E-state index in [-0.39, 0.29) is 11.8 Å². The van der Waals surface area contributed by atoms with Crippen molar-refractivity contribution in [3.63, 3.8) is 0 Å². The van der Waals surface area contributed by atoms with Gasteiger partial charge in [-0.2, -0.15) is 0 Å². The molecule has 22 heavy (non-hydrogen) atoms. The summed E-state index contributed by atoms with van der Waals surface area (Å²) >= 11 is 0. The molecule has 1 amide bonds. The normalized spacial score (nSPS) is 15.6. The van der Waals surface area contributed by atoms with E-state index in [0.717, 1.165) is 0 Å². The Labute approximate surface area is 128 Å². The average Bonchev–Trinajstić information content (AvgIpc) is 2.46. The molecule has 0 aliphatic carbocycles. The fourth-order valence-corrected chi connectivity index (χ4v) is 2.16. The number of rotatable bonds is 2. The van der Waals surface area contributed by atoms with Crippen molar-refractivity contribution >= 4 is 17.5 Å². The first-order chi connectivity index (χ1) is 10.3. The van der Waals surface area contributed by atoms with Gasteiger partial charge in [-0.1, -0.05) is 0 Å². The number of hydrogen-bond acceptors (Lipinski definition) is 6. The SMILES string of the molecule is CC(C)(C)OC(=O)N1CCN(c2cncc([N+](=O)[O-])c2)CC1. The number of hydrogen-bond donors (Lipinski definition) is 0. The van der Waals surface area contributed by atoms with Crippen LogP contribution in [0.3, 0.4) is 0 Å². The van der Waals surface area contributed by atoms with Crippen LogP contribution in [-0.2, 0) is 4.74 Å². The number of pyridine rings is 1. The van der Waals surface area contributed by atoms with Crippen molar-refractivity contribution in [1.29, 1.82) is 0 Å². The second-order valence-electron chi connectivity index (χ2n) is 6.11. The lowest BCUT2D eigenvalue weighted by molar-refractivity contribution is -0.385. The summed E-state index contributed by atoms with van der Waals surface area (Å²) in [5.41, 5.74) is 0.142. The largest absolute Gasteiger partial charge is 0.444 e. The summed E-state index contributed by atoms with van der Waals surface area (Å²) in [6.07, 6.45) is 2.49. The highest BCUT2D eigenvalue weighted by Gasteiger charge is 2.26. The van der Waals surface area contributed by atoms with Crippen molar-refractivity contribution in [3.05, 3.63) is 28.6 Å². The monoisotopic (exact) mass is 308 g/mol. The smallest absolute Gasteiger partial charge is 0.410 e. The Bertz CT molecular complexity index is 562. The van der Waals surface area contributed by atoms with Crippen LogP contribution in [0.2, 0.25) is 0 Å². The standard InChI is InChI=1S/C14H20N4O4/c1-14(2,3)22-13(19)17-6-4-16(5-7-17)11-8-12(18(20)21)10-15-9-11/h8-10H,4-7H2,1-3H3. The van der Waals surface area contributed by atoms with Gasteiger partial charge >= 0.3 is 6.09 Å². The van der Waals surface area contributed by atoms with E-state index in [0.29, 0.717) is 31.9 Å². The fraction of sp³-hybridized carbons (Fsp3) is 0.571. The number of carbonyl (C=O) groups is 1. The predicted octanol–water partition coefficient (Wildman–Crippen LogP) is 2.05. The van der Waals surface area contributed by atoms with Gasteiger partial charge in [-0.05, 0) is 20.8 Å². The Hall–Kier alpha value is -2.38. The van der Waals surface area contributed by atoms with E-state index < -0.39 is 10.5 Å². The third-order valence-electron chi connectivity index (χ3n) is 3.22. The van der Waals surface area contributed by atoms with Gasteiger partial charge < -0.3 is 14.5 Å². The maximum Gasteiger partial charge on any atom is 0.410 e. The lowest BCUT2D eigenvalue weighted by atomic mass is 10.2. The molecular formula is C14H20N4O4. The van der Waals surface area contributed by atoms with Crippen molar-refractivity contribution in [2.24, 2.45) is 0 Å². The third-order valence-corrected chi connectivity index (χ3v) is 3.22. The molecule has 120 valence electrons. The molecule has 1 aliphatic heterocycles. The molecule has 0 bridgehead atoms. The molecule has 1 fully saturated rings. The van der Waals surface area contributed by atoms with Crippen LogP contribution in [0.1, 0.15) is 20.8 Å². The lowest BCUT2D eigenvalue weighted by Gasteiger charge is -2.36. The number of ether oxygens (including phenoxy) is 1. The van der Waals surface area contributed by atoms with Crippen LogP contribution < -0.4 is 4.90 Å². The summed E-state index contributed by atoms with van der Waals surface area (Å²) in [4.78, 5) is 29.8. The summed E-state index contributed by atoms with van der Waals surface area (Å²) in [5, 5.41) is 10.8. The van der Waals surface area contributed by atoms with E-state index in [1.807, 2.05) is 25.7 Å².